The fourth-order valence-corrected chi connectivity index (χ4v) is 2.95. The predicted octanol–water partition coefficient (Wildman–Crippen LogP) is 0.871. The first-order chi connectivity index (χ1) is 8.33. The Balaban J connectivity index is 2.74. The van der Waals surface area contributed by atoms with E-state index in [0.29, 0.717) is 4.47 Å². The van der Waals surface area contributed by atoms with E-state index in [1.54, 1.807) is 0 Å². The van der Waals surface area contributed by atoms with E-state index in [2.05, 4.69) is 30.4 Å². The van der Waals surface area contributed by atoms with Gasteiger partial charge in [-0.15, -0.1) is 0 Å². The highest BCUT2D eigenvalue weighted by Crippen LogP contribution is 2.22. The van der Waals surface area contributed by atoms with E-state index in [-0.39, 0.29) is 23.2 Å². The first-order valence-electron chi connectivity index (χ1n) is 4.56. The molecule has 7 nitrogen and oxygen atoms in total. The lowest BCUT2D eigenvalue weighted by Gasteiger charge is -2.08. The molecule has 1 aromatic rings. The van der Waals surface area contributed by atoms with Gasteiger partial charge in [0.05, 0.1) is 0 Å². The Hall–Kier alpha value is -0.900. The average molecular weight is 359 g/mol. The second-order valence-electron chi connectivity index (χ2n) is 3.01. The highest BCUT2D eigenvalue weighted by molar-refractivity contribution is 9.10. The van der Waals surface area contributed by atoms with Gasteiger partial charge >= 0.3 is 6.09 Å². The number of halogens is 2. The van der Waals surface area contributed by atoms with Gasteiger partial charge in [0, 0.05) is 17.2 Å². The van der Waals surface area contributed by atoms with Gasteiger partial charge in [0.25, 0.3) is 0 Å². The van der Waals surface area contributed by atoms with Crippen LogP contribution >= 0.6 is 27.5 Å². The molecular formula is C8H9BrClN3O4S. The smallest absolute Gasteiger partial charge is 0.404 e. The lowest BCUT2D eigenvalue weighted by Crippen LogP contribution is -2.29. The van der Waals surface area contributed by atoms with Crippen LogP contribution < -0.4 is 10.5 Å². The summed E-state index contributed by atoms with van der Waals surface area (Å²) < 4.78 is 30.7. The number of pyridine rings is 1. The van der Waals surface area contributed by atoms with Gasteiger partial charge in [0.15, 0.2) is 0 Å². The molecule has 0 saturated carbocycles. The van der Waals surface area contributed by atoms with Crippen LogP contribution in [0.5, 0.6) is 0 Å². The summed E-state index contributed by atoms with van der Waals surface area (Å²) in [6, 6.07) is 1.31. The average Bonchev–Trinajstić information content (AvgIpc) is 2.27. The number of carbonyl (C=O) groups is 1. The van der Waals surface area contributed by atoms with E-state index in [1.165, 1.54) is 12.3 Å². The van der Waals surface area contributed by atoms with E-state index in [1.807, 2.05) is 0 Å². The standard InChI is InChI=1S/C8H9BrClN3O4S/c9-5-3-6(7(10)12-4-5)18(15,16)13-1-2-17-8(11)14/h3-4,13H,1-2H2,(H2,11,14). The summed E-state index contributed by atoms with van der Waals surface area (Å²) in [6.45, 7) is -0.290. The number of primary amides is 1. The maximum Gasteiger partial charge on any atom is 0.404 e. The van der Waals surface area contributed by atoms with Crippen LogP contribution in [0.15, 0.2) is 21.6 Å². The summed E-state index contributed by atoms with van der Waals surface area (Å²) in [5.41, 5.74) is 4.72. The van der Waals surface area contributed by atoms with E-state index in [0.717, 1.165) is 0 Å². The molecule has 0 fully saturated rings. The molecule has 1 rings (SSSR count). The van der Waals surface area contributed by atoms with E-state index in [9.17, 15) is 13.2 Å². The third-order valence-corrected chi connectivity index (χ3v) is 4.02. The summed E-state index contributed by atoms with van der Waals surface area (Å²) in [7, 11) is -3.82. The minimum Gasteiger partial charge on any atom is -0.448 e. The summed E-state index contributed by atoms with van der Waals surface area (Å²) in [4.78, 5) is 13.8. The molecule has 0 aliphatic carbocycles. The van der Waals surface area contributed by atoms with Crippen LogP contribution in [0.2, 0.25) is 5.15 Å². The maximum atomic E-state index is 11.8. The van der Waals surface area contributed by atoms with Crippen molar-refractivity contribution < 1.29 is 17.9 Å². The second-order valence-corrected chi connectivity index (χ2v) is 6.02. The normalized spacial score (nSPS) is 11.2. The van der Waals surface area contributed by atoms with Gasteiger partial charge in [0.1, 0.15) is 16.7 Å². The molecule has 3 N–H and O–H groups in total. The summed E-state index contributed by atoms with van der Waals surface area (Å²) in [5, 5.41) is -0.151. The number of amides is 1. The highest BCUT2D eigenvalue weighted by atomic mass is 79.9. The van der Waals surface area contributed by atoms with Crippen molar-refractivity contribution >= 4 is 43.6 Å². The minimum absolute atomic E-state index is 0.117. The molecule has 0 aliphatic rings. The molecule has 1 amide bonds. The van der Waals surface area contributed by atoms with Crippen LogP contribution in [0, 0.1) is 0 Å². The van der Waals surface area contributed by atoms with Crippen LogP contribution in [0.4, 0.5) is 4.79 Å². The molecular weight excluding hydrogens is 350 g/mol. The van der Waals surface area contributed by atoms with Crippen molar-refractivity contribution in [3.05, 3.63) is 21.9 Å². The molecule has 0 radical (unpaired) electrons. The molecule has 1 aromatic heterocycles. The third-order valence-electron chi connectivity index (χ3n) is 1.70. The Labute approximate surface area is 117 Å². The van der Waals surface area contributed by atoms with Gasteiger partial charge in [-0.05, 0) is 22.0 Å². The van der Waals surface area contributed by atoms with Crippen LogP contribution in [0.25, 0.3) is 0 Å². The van der Waals surface area contributed by atoms with Crippen LogP contribution in [0.3, 0.4) is 0 Å². The molecule has 0 aromatic carbocycles. The Morgan fingerprint density at radius 1 is 1.61 bits per heavy atom. The Bertz CT molecular complexity index is 551. The van der Waals surface area contributed by atoms with Crippen LogP contribution in [-0.4, -0.2) is 32.6 Å². The van der Waals surface area contributed by atoms with Crippen molar-refractivity contribution in [2.75, 3.05) is 13.2 Å². The molecule has 0 saturated heterocycles. The van der Waals surface area contributed by atoms with Crippen molar-refractivity contribution in [2.24, 2.45) is 5.73 Å². The zero-order valence-corrected chi connectivity index (χ0v) is 12.0. The molecule has 1 heterocycles. The van der Waals surface area contributed by atoms with Crippen molar-refractivity contribution in [2.45, 2.75) is 4.90 Å². The van der Waals surface area contributed by atoms with Gasteiger partial charge in [-0.25, -0.2) is 22.9 Å². The number of carbonyl (C=O) groups excluding carboxylic acids is 1. The van der Waals surface area contributed by atoms with Crippen molar-refractivity contribution in [3.63, 3.8) is 0 Å². The number of nitrogens with one attached hydrogen (secondary N) is 1. The zero-order valence-electron chi connectivity index (χ0n) is 8.89. The number of ether oxygens (including phenoxy) is 1. The Morgan fingerprint density at radius 3 is 2.89 bits per heavy atom. The molecule has 0 spiro atoms. The first kappa shape index (κ1) is 15.2. The minimum atomic E-state index is -3.82. The SMILES string of the molecule is NC(=O)OCCNS(=O)(=O)c1cc(Br)cnc1Cl. The van der Waals surface area contributed by atoms with E-state index < -0.39 is 16.1 Å². The summed E-state index contributed by atoms with van der Waals surface area (Å²) in [6.07, 6.45) is 0.397. The van der Waals surface area contributed by atoms with Crippen molar-refractivity contribution in [1.82, 2.24) is 9.71 Å². The third kappa shape index (κ3) is 4.41. The number of nitrogens with zero attached hydrogens (tertiary/aromatic N) is 1. The quantitative estimate of drug-likeness (QED) is 0.599. The number of sulfonamides is 1. The maximum absolute atomic E-state index is 11.8. The molecule has 0 bridgehead atoms. The number of aromatic nitrogens is 1. The molecule has 0 atom stereocenters. The predicted molar refractivity (Wildman–Crippen MR) is 67.7 cm³/mol. The lowest BCUT2D eigenvalue weighted by atomic mass is 10.5. The number of rotatable bonds is 5. The Morgan fingerprint density at radius 2 is 2.28 bits per heavy atom. The summed E-state index contributed by atoms with van der Waals surface area (Å²) in [5.74, 6) is 0. The van der Waals surface area contributed by atoms with Crippen LogP contribution in [0.1, 0.15) is 0 Å². The Kier molecular flexibility index (Phi) is 5.32. The monoisotopic (exact) mass is 357 g/mol. The first-order valence-corrected chi connectivity index (χ1v) is 7.21. The van der Waals surface area contributed by atoms with Crippen molar-refractivity contribution in [1.29, 1.82) is 0 Å². The zero-order chi connectivity index (χ0) is 13.8. The second kappa shape index (κ2) is 6.32. The largest absolute Gasteiger partial charge is 0.448 e. The molecule has 0 unspecified atom stereocenters. The van der Waals surface area contributed by atoms with Crippen LogP contribution in [-0.2, 0) is 14.8 Å². The fourth-order valence-electron chi connectivity index (χ4n) is 0.998. The summed E-state index contributed by atoms with van der Waals surface area (Å²) >= 11 is 8.78. The van der Waals surface area contributed by atoms with Gasteiger partial charge < -0.3 is 10.5 Å². The van der Waals surface area contributed by atoms with Gasteiger partial charge in [0.2, 0.25) is 10.0 Å². The number of nitrogens with two attached hydrogens (primary N) is 1. The molecule has 10 heteroatoms. The molecule has 0 aliphatic heterocycles. The highest BCUT2D eigenvalue weighted by Gasteiger charge is 2.18. The number of hydrogen-bond donors (Lipinski definition) is 2. The molecule has 100 valence electrons. The van der Waals surface area contributed by atoms with E-state index >= 15 is 0 Å². The number of hydrogen-bond acceptors (Lipinski definition) is 5. The lowest BCUT2D eigenvalue weighted by molar-refractivity contribution is 0.159. The fraction of sp³-hybridized carbons (Fsp3) is 0.250. The van der Waals surface area contributed by atoms with E-state index in [4.69, 9.17) is 17.3 Å². The molecule has 18 heavy (non-hydrogen) atoms. The van der Waals surface area contributed by atoms with Crippen molar-refractivity contribution in [3.8, 4) is 0 Å². The van der Waals surface area contributed by atoms with Gasteiger partial charge in [-0.1, -0.05) is 11.6 Å². The van der Waals surface area contributed by atoms with Gasteiger partial charge in [-0.2, -0.15) is 0 Å². The topological polar surface area (TPSA) is 111 Å². The van der Waals surface area contributed by atoms with Gasteiger partial charge in [-0.3, -0.25) is 0 Å².